The highest BCUT2D eigenvalue weighted by molar-refractivity contribution is 5.92. The smallest absolute Gasteiger partial charge is 0.158 e. The van der Waals surface area contributed by atoms with Gasteiger partial charge in [0.25, 0.3) is 0 Å². The molecule has 0 radical (unpaired) electrons. The second-order valence-electron chi connectivity index (χ2n) is 4.21. The predicted molar refractivity (Wildman–Crippen MR) is 56.0 cm³/mol. The van der Waals surface area contributed by atoms with Crippen molar-refractivity contribution in [2.75, 3.05) is 0 Å². The van der Waals surface area contributed by atoms with E-state index < -0.39 is 0 Å². The van der Waals surface area contributed by atoms with Gasteiger partial charge in [0, 0.05) is 12.3 Å². The van der Waals surface area contributed by atoms with Crippen molar-refractivity contribution in [2.45, 2.75) is 39.5 Å². The third-order valence-corrected chi connectivity index (χ3v) is 2.93. The number of carbonyl (C=O) groups is 2. The van der Waals surface area contributed by atoms with Crippen LogP contribution in [-0.2, 0) is 9.59 Å². The van der Waals surface area contributed by atoms with E-state index in [1.807, 2.05) is 6.08 Å². The molecule has 1 rings (SSSR count). The minimum Gasteiger partial charge on any atom is -0.300 e. The molecule has 0 aromatic carbocycles. The lowest BCUT2D eigenvalue weighted by molar-refractivity contribution is -0.120. The summed E-state index contributed by atoms with van der Waals surface area (Å²) < 4.78 is 0. The lowest BCUT2D eigenvalue weighted by Gasteiger charge is -2.18. The summed E-state index contributed by atoms with van der Waals surface area (Å²) in [6.07, 6.45) is 6.95. The molecule has 0 N–H and O–H groups in total. The molecule has 0 amide bonds. The molecule has 0 saturated heterocycles. The monoisotopic (exact) mass is 194 g/mol. The summed E-state index contributed by atoms with van der Waals surface area (Å²) in [5.74, 6) is 0.865. The second-order valence-corrected chi connectivity index (χ2v) is 4.21. The lowest BCUT2D eigenvalue weighted by atomic mass is 9.85. The normalized spacial score (nSPS) is 27.4. The van der Waals surface area contributed by atoms with E-state index in [0.717, 1.165) is 19.3 Å². The van der Waals surface area contributed by atoms with Crippen molar-refractivity contribution in [1.82, 2.24) is 0 Å². The average Bonchev–Trinajstić information content (AvgIpc) is 2.25. The van der Waals surface area contributed by atoms with E-state index in [9.17, 15) is 9.59 Å². The molecule has 14 heavy (non-hydrogen) atoms. The lowest BCUT2D eigenvalue weighted by Crippen LogP contribution is -2.20. The van der Waals surface area contributed by atoms with Gasteiger partial charge in [-0.05, 0) is 38.2 Å². The van der Waals surface area contributed by atoms with Gasteiger partial charge in [0.2, 0.25) is 0 Å². The van der Waals surface area contributed by atoms with E-state index in [0.29, 0.717) is 12.3 Å². The van der Waals surface area contributed by atoms with Gasteiger partial charge < -0.3 is 4.79 Å². The maximum atomic E-state index is 11.6. The Morgan fingerprint density at radius 1 is 1.57 bits per heavy atom. The number of Topliss-reactive ketones (excluding diaryl/α,β-unsaturated/α-hetero) is 1. The third kappa shape index (κ3) is 3.09. The molecule has 0 heterocycles. The van der Waals surface area contributed by atoms with E-state index >= 15 is 0 Å². The summed E-state index contributed by atoms with van der Waals surface area (Å²) in [7, 11) is 0. The average molecular weight is 194 g/mol. The van der Waals surface area contributed by atoms with Gasteiger partial charge in [0.05, 0.1) is 0 Å². The van der Waals surface area contributed by atoms with E-state index in [1.165, 1.54) is 0 Å². The number of rotatable bonds is 3. The molecular weight excluding hydrogens is 176 g/mol. The maximum Gasteiger partial charge on any atom is 0.158 e. The predicted octanol–water partition coefficient (Wildman–Crippen LogP) is 2.53. The Morgan fingerprint density at radius 3 is 2.93 bits per heavy atom. The number of ketones is 2. The molecule has 0 spiro atoms. The highest BCUT2D eigenvalue weighted by atomic mass is 16.1. The van der Waals surface area contributed by atoms with Crippen molar-refractivity contribution in [2.24, 2.45) is 11.8 Å². The molecule has 0 aromatic rings. The Labute approximate surface area is 85.4 Å². The van der Waals surface area contributed by atoms with Gasteiger partial charge in [-0.25, -0.2) is 0 Å². The highest BCUT2D eigenvalue weighted by Gasteiger charge is 2.24. The van der Waals surface area contributed by atoms with Crippen LogP contribution in [0.25, 0.3) is 0 Å². The number of allylic oxidation sites excluding steroid dienone is 2. The molecule has 0 saturated carbocycles. The first-order valence-corrected chi connectivity index (χ1v) is 5.31. The summed E-state index contributed by atoms with van der Waals surface area (Å²) in [6, 6.07) is 0. The molecule has 78 valence electrons. The fourth-order valence-corrected chi connectivity index (χ4v) is 1.95. The summed E-state index contributed by atoms with van der Waals surface area (Å²) in [6.45, 7) is 3.69. The largest absolute Gasteiger partial charge is 0.300 e. The Hall–Kier alpha value is -0.920. The van der Waals surface area contributed by atoms with Crippen LogP contribution in [0.3, 0.4) is 0 Å². The second kappa shape index (κ2) is 5.08. The highest BCUT2D eigenvalue weighted by Crippen LogP contribution is 2.26. The SMILES string of the molecule is CC(=O)CC[C@@H]1C(=O)C=CCC[C@@H]1C. The van der Waals surface area contributed by atoms with Crippen LogP contribution < -0.4 is 0 Å². The molecule has 2 heteroatoms. The van der Waals surface area contributed by atoms with Crippen LogP contribution in [0.5, 0.6) is 0 Å². The van der Waals surface area contributed by atoms with Crippen LogP contribution in [0.4, 0.5) is 0 Å². The van der Waals surface area contributed by atoms with E-state index in [4.69, 9.17) is 0 Å². The van der Waals surface area contributed by atoms with Crippen LogP contribution in [-0.4, -0.2) is 11.6 Å². The summed E-state index contributed by atoms with van der Waals surface area (Å²) >= 11 is 0. The first kappa shape index (κ1) is 11.2. The molecule has 2 nitrogen and oxygen atoms in total. The van der Waals surface area contributed by atoms with E-state index in [1.54, 1.807) is 13.0 Å². The van der Waals surface area contributed by atoms with Crippen LogP contribution in [0.1, 0.15) is 39.5 Å². The standard InChI is InChI=1S/C12H18O2/c1-9-5-3-4-6-12(14)11(9)8-7-10(2)13/h4,6,9,11H,3,5,7-8H2,1-2H3/t9-,11-/m0/s1. The van der Waals surface area contributed by atoms with Crippen LogP contribution in [0, 0.1) is 11.8 Å². The van der Waals surface area contributed by atoms with Gasteiger partial charge in [0.1, 0.15) is 5.78 Å². The molecule has 0 aromatic heterocycles. The first-order chi connectivity index (χ1) is 6.61. The quantitative estimate of drug-likeness (QED) is 0.691. The molecule has 1 aliphatic carbocycles. The van der Waals surface area contributed by atoms with Crippen molar-refractivity contribution in [3.05, 3.63) is 12.2 Å². The topological polar surface area (TPSA) is 34.1 Å². The Balaban J connectivity index is 2.57. The van der Waals surface area contributed by atoms with Crippen LogP contribution >= 0.6 is 0 Å². The number of carbonyl (C=O) groups excluding carboxylic acids is 2. The van der Waals surface area contributed by atoms with Crippen molar-refractivity contribution in [3.63, 3.8) is 0 Å². The molecule has 0 bridgehead atoms. The minimum absolute atomic E-state index is 0.0673. The van der Waals surface area contributed by atoms with Gasteiger partial charge in [0.15, 0.2) is 5.78 Å². The van der Waals surface area contributed by atoms with Gasteiger partial charge in [-0.3, -0.25) is 4.79 Å². The first-order valence-electron chi connectivity index (χ1n) is 5.31. The van der Waals surface area contributed by atoms with Gasteiger partial charge >= 0.3 is 0 Å². The van der Waals surface area contributed by atoms with Crippen LogP contribution in [0.2, 0.25) is 0 Å². The molecular formula is C12H18O2. The molecule has 2 atom stereocenters. The Morgan fingerprint density at radius 2 is 2.29 bits per heavy atom. The van der Waals surface area contributed by atoms with Crippen molar-refractivity contribution in [3.8, 4) is 0 Å². The van der Waals surface area contributed by atoms with Crippen LogP contribution in [0.15, 0.2) is 12.2 Å². The van der Waals surface area contributed by atoms with E-state index in [2.05, 4.69) is 6.92 Å². The van der Waals surface area contributed by atoms with Gasteiger partial charge in [-0.15, -0.1) is 0 Å². The zero-order valence-electron chi connectivity index (χ0n) is 8.95. The van der Waals surface area contributed by atoms with Crippen molar-refractivity contribution in [1.29, 1.82) is 0 Å². The van der Waals surface area contributed by atoms with Crippen molar-refractivity contribution < 1.29 is 9.59 Å². The Bertz CT molecular complexity index is 253. The number of hydrogen-bond acceptors (Lipinski definition) is 2. The molecule has 0 aliphatic heterocycles. The van der Waals surface area contributed by atoms with E-state index in [-0.39, 0.29) is 17.5 Å². The molecule has 0 unspecified atom stereocenters. The fourth-order valence-electron chi connectivity index (χ4n) is 1.95. The zero-order chi connectivity index (χ0) is 10.6. The zero-order valence-corrected chi connectivity index (χ0v) is 8.95. The summed E-state index contributed by atoms with van der Waals surface area (Å²) in [4.78, 5) is 22.5. The Kier molecular flexibility index (Phi) is 4.05. The minimum atomic E-state index is 0.0673. The van der Waals surface area contributed by atoms with Gasteiger partial charge in [-0.1, -0.05) is 13.0 Å². The maximum absolute atomic E-state index is 11.6. The molecule has 1 aliphatic rings. The van der Waals surface area contributed by atoms with Crippen molar-refractivity contribution >= 4 is 11.6 Å². The summed E-state index contributed by atoms with van der Waals surface area (Å²) in [5, 5.41) is 0. The molecule has 0 fully saturated rings. The third-order valence-electron chi connectivity index (χ3n) is 2.93. The number of hydrogen-bond donors (Lipinski definition) is 0. The fraction of sp³-hybridized carbons (Fsp3) is 0.667. The summed E-state index contributed by atoms with van der Waals surface area (Å²) in [5.41, 5.74) is 0. The van der Waals surface area contributed by atoms with Gasteiger partial charge in [-0.2, -0.15) is 0 Å².